The van der Waals surface area contributed by atoms with Crippen LogP contribution in [0.3, 0.4) is 0 Å². The molecule has 2 aromatic rings. The molecule has 82 valence electrons. The van der Waals surface area contributed by atoms with E-state index in [9.17, 15) is 0 Å². The van der Waals surface area contributed by atoms with Crippen molar-refractivity contribution in [2.75, 3.05) is 0 Å². The predicted molar refractivity (Wildman–Crippen MR) is 68.8 cm³/mol. The molecular weight excluding hydrogens is 218 g/mol. The molecule has 16 heavy (non-hydrogen) atoms. The topological polar surface area (TPSA) is 12.9 Å². The predicted octanol–water partition coefficient (Wildman–Crippen LogP) is 4.53. The van der Waals surface area contributed by atoms with E-state index < -0.39 is 0 Å². The second-order valence-electron chi connectivity index (χ2n) is 4.07. The lowest BCUT2D eigenvalue weighted by Gasteiger charge is -2.12. The van der Waals surface area contributed by atoms with E-state index in [1.54, 1.807) is 0 Å². The lowest BCUT2D eigenvalue weighted by molar-refractivity contribution is 0.826. The molecule has 0 radical (unpaired) electrons. The van der Waals surface area contributed by atoms with Crippen LogP contribution in [0, 0.1) is 0 Å². The highest BCUT2D eigenvalue weighted by atomic mass is 35.5. The molecule has 0 saturated heterocycles. The van der Waals surface area contributed by atoms with E-state index in [2.05, 4.69) is 24.9 Å². The molecule has 0 N–H and O–H groups in total. The quantitative estimate of drug-likeness (QED) is 0.740. The second-order valence-corrected chi connectivity index (χ2v) is 4.48. The summed E-state index contributed by atoms with van der Waals surface area (Å²) in [5.41, 5.74) is 3.28. The molecular formula is C14H14ClN. The summed E-state index contributed by atoms with van der Waals surface area (Å²) < 4.78 is 0. The molecule has 0 fully saturated rings. The highest BCUT2D eigenvalue weighted by molar-refractivity contribution is 6.33. The van der Waals surface area contributed by atoms with Crippen LogP contribution in [0.15, 0.2) is 42.6 Å². The first kappa shape index (κ1) is 11.2. The maximum Gasteiger partial charge on any atom is 0.0507 e. The van der Waals surface area contributed by atoms with Crippen molar-refractivity contribution in [3.05, 3.63) is 53.3 Å². The van der Waals surface area contributed by atoms with E-state index in [-0.39, 0.29) is 0 Å². The van der Waals surface area contributed by atoms with Gasteiger partial charge in [0.25, 0.3) is 0 Å². The third kappa shape index (κ3) is 2.10. The van der Waals surface area contributed by atoms with E-state index in [4.69, 9.17) is 11.6 Å². The van der Waals surface area contributed by atoms with Gasteiger partial charge in [-0.3, -0.25) is 4.98 Å². The first-order chi connectivity index (χ1) is 7.70. The van der Waals surface area contributed by atoms with Crippen molar-refractivity contribution in [1.29, 1.82) is 0 Å². The van der Waals surface area contributed by atoms with Crippen molar-refractivity contribution in [2.45, 2.75) is 19.8 Å². The zero-order chi connectivity index (χ0) is 11.5. The number of pyridine rings is 1. The van der Waals surface area contributed by atoms with Gasteiger partial charge in [0.15, 0.2) is 0 Å². The van der Waals surface area contributed by atoms with Crippen LogP contribution >= 0.6 is 11.6 Å². The molecule has 0 bridgehead atoms. The second kappa shape index (κ2) is 4.67. The number of rotatable bonds is 2. The summed E-state index contributed by atoms with van der Waals surface area (Å²) in [5, 5.41) is 0.775. The van der Waals surface area contributed by atoms with Gasteiger partial charge in [-0.1, -0.05) is 49.7 Å². The molecule has 0 atom stereocenters. The number of hydrogen-bond acceptors (Lipinski definition) is 1. The van der Waals surface area contributed by atoms with Gasteiger partial charge in [-0.15, -0.1) is 0 Å². The average Bonchev–Trinajstić information content (AvgIpc) is 2.29. The van der Waals surface area contributed by atoms with Crippen LogP contribution in [0.5, 0.6) is 0 Å². The average molecular weight is 232 g/mol. The van der Waals surface area contributed by atoms with Crippen molar-refractivity contribution in [3.63, 3.8) is 0 Å². The molecule has 0 spiro atoms. The van der Waals surface area contributed by atoms with Gasteiger partial charge in [0, 0.05) is 22.3 Å². The van der Waals surface area contributed by atoms with E-state index in [1.807, 2.05) is 36.5 Å². The van der Waals surface area contributed by atoms with Crippen molar-refractivity contribution in [1.82, 2.24) is 4.98 Å². The zero-order valence-corrected chi connectivity index (χ0v) is 10.2. The Bertz CT molecular complexity index is 492. The van der Waals surface area contributed by atoms with Gasteiger partial charge >= 0.3 is 0 Å². The van der Waals surface area contributed by atoms with Crippen LogP contribution in [-0.2, 0) is 0 Å². The Morgan fingerprint density at radius 3 is 2.38 bits per heavy atom. The Hall–Kier alpha value is -1.34. The van der Waals surface area contributed by atoms with Gasteiger partial charge in [0.1, 0.15) is 0 Å². The van der Waals surface area contributed by atoms with Gasteiger partial charge in [0.2, 0.25) is 0 Å². The van der Waals surface area contributed by atoms with Crippen LogP contribution in [-0.4, -0.2) is 4.98 Å². The summed E-state index contributed by atoms with van der Waals surface area (Å²) in [4.78, 5) is 4.44. The summed E-state index contributed by atoms with van der Waals surface area (Å²) in [5.74, 6) is 0.396. The number of benzene rings is 1. The fraction of sp³-hybridized carbons (Fsp3) is 0.214. The molecule has 2 heteroatoms. The number of aromatic nitrogens is 1. The van der Waals surface area contributed by atoms with E-state index >= 15 is 0 Å². The zero-order valence-electron chi connectivity index (χ0n) is 9.44. The van der Waals surface area contributed by atoms with Crippen LogP contribution in [0.25, 0.3) is 11.1 Å². The molecule has 0 aliphatic carbocycles. The molecule has 1 heterocycles. The smallest absolute Gasteiger partial charge is 0.0507 e. The SMILES string of the molecule is CC(C)c1ncccc1-c1ccccc1Cl. The third-order valence-corrected chi connectivity index (χ3v) is 2.88. The lowest BCUT2D eigenvalue weighted by Crippen LogP contribution is -1.96. The molecule has 1 nitrogen and oxygen atoms in total. The van der Waals surface area contributed by atoms with Gasteiger partial charge < -0.3 is 0 Å². The molecule has 1 aromatic heterocycles. The third-order valence-electron chi connectivity index (χ3n) is 2.55. The molecule has 0 aliphatic rings. The maximum absolute atomic E-state index is 6.21. The summed E-state index contributed by atoms with van der Waals surface area (Å²) in [6.45, 7) is 4.28. The highest BCUT2D eigenvalue weighted by Gasteiger charge is 2.11. The normalized spacial score (nSPS) is 10.8. The van der Waals surface area contributed by atoms with Gasteiger partial charge in [-0.2, -0.15) is 0 Å². The molecule has 0 amide bonds. The van der Waals surface area contributed by atoms with Crippen LogP contribution in [0.2, 0.25) is 5.02 Å². The first-order valence-electron chi connectivity index (χ1n) is 5.40. The molecule has 1 aromatic carbocycles. The van der Waals surface area contributed by atoms with Gasteiger partial charge in [-0.25, -0.2) is 0 Å². The van der Waals surface area contributed by atoms with Crippen molar-refractivity contribution >= 4 is 11.6 Å². The standard InChI is InChI=1S/C14H14ClN/c1-10(2)14-12(7-5-9-16-14)11-6-3-4-8-13(11)15/h3-10H,1-2H3. The molecule has 0 saturated carbocycles. The summed E-state index contributed by atoms with van der Waals surface area (Å²) >= 11 is 6.21. The Kier molecular flexibility index (Phi) is 3.25. The largest absolute Gasteiger partial charge is 0.260 e. The van der Waals surface area contributed by atoms with Crippen molar-refractivity contribution < 1.29 is 0 Å². The molecule has 0 unspecified atom stereocenters. The van der Waals surface area contributed by atoms with Gasteiger partial charge in [-0.05, 0) is 18.1 Å². The minimum Gasteiger partial charge on any atom is -0.260 e. The van der Waals surface area contributed by atoms with E-state index in [0.29, 0.717) is 5.92 Å². The van der Waals surface area contributed by atoms with Crippen LogP contribution in [0.4, 0.5) is 0 Å². The minimum absolute atomic E-state index is 0.396. The first-order valence-corrected chi connectivity index (χ1v) is 5.77. The molecule has 2 rings (SSSR count). The Morgan fingerprint density at radius 1 is 1.00 bits per heavy atom. The van der Waals surface area contributed by atoms with Crippen molar-refractivity contribution in [3.8, 4) is 11.1 Å². The number of halogens is 1. The number of nitrogens with zero attached hydrogens (tertiary/aromatic N) is 1. The van der Waals surface area contributed by atoms with E-state index in [0.717, 1.165) is 21.8 Å². The number of hydrogen-bond donors (Lipinski definition) is 0. The van der Waals surface area contributed by atoms with Gasteiger partial charge in [0.05, 0.1) is 5.69 Å². The lowest BCUT2D eigenvalue weighted by atomic mass is 9.98. The fourth-order valence-corrected chi connectivity index (χ4v) is 2.02. The highest BCUT2D eigenvalue weighted by Crippen LogP contribution is 2.32. The Balaban J connectivity index is 2.60. The molecule has 0 aliphatic heterocycles. The summed E-state index contributed by atoms with van der Waals surface area (Å²) in [7, 11) is 0. The summed E-state index contributed by atoms with van der Waals surface area (Å²) in [6, 6.07) is 11.9. The van der Waals surface area contributed by atoms with Crippen molar-refractivity contribution in [2.24, 2.45) is 0 Å². The monoisotopic (exact) mass is 231 g/mol. The minimum atomic E-state index is 0.396. The van der Waals surface area contributed by atoms with Crippen LogP contribution < -0.4 is 0 Å². The summed E-state index contributed by atoms with van der Waals surface area (Å²) in [6.07, 6.45) is 1.83. The fourth-order valence-electron chi connectivity index (χ4n) is 1.78. The van der Waals surface area contributed by atoms with Crippen LogP contribution in [0.1, 0.15) is 25.5 Å². The Labute approximate surface area is 101 Å². The Morgan fingerprint density at radius 2 is 1.69 bits per heavy atom. The van der Waals surface area contributed by atoms with E-state index in [1.165, 1.54) is 0 Å². The maximum atomic E-state index is 6.21.